The summed E-state index contributed by atoms with van der Waals surface area (Å²) < 4.78 is 4.99. The quantitative estimate of drug-likeness (QED) is 0.472. The second kappa shape index (κ2) is 5.90. The summed E-state index contributed by atoms with van der Waals surface area (Å²) in [6, 6.07) is 0. The monoisotopic (exact) mass is 192 g/mol. The van der Waals surface area contributed by atoms with E-state index in [0.717, 1.165) is 0 Å². The van der Waals surface area contributed by atoms with E-state index in [-0.39, 0.29) is 32.8 Å². The van der Waals surface area contributed by atoms with Gasteiger partial charge in [-0.3, -0.25) is 4.79 Å². The van der Waals surface area contributed by atoms with E-state index in [9.17, 15) is 4.79 Å². The number of carbonyl (C=O) groups is 1. The third kappa shape index (κ3) is 5.57. The maximum atomic E-state index is 10.1. The van der Waals surface area contributed by atoms with Gasteiger partial charge in [-0.05, 0) is 0 Å². The zero-order valence-corrected chi connectivity index (χ0v) is 7.69. The summed E-state index contributed by atoms with van der Waals surface area (Å²) in [7, 11) is 0. The minimum atomic E-state index is -0.922. The summed E-state index contributed by atoms with van der Waals surface area (Å²) in [5.41, 5.74) is -0.682. The first-order valence-corrected chi connectivity index (χ1v) is 4.05. The van der Waals surface area contributed by atoms with Crippen LogP contribution in [0.5, 0.6) is 0 Å². The highest BCUT2D eigenvalue weighted by Gasteiger charge is 2.22. The van der Waals surface area contributed by atoms with Crippen molar-refractivity contribution in [1.82, 2.24) is 0 Å². The highest BCUT2D eigenvalue weighted by atomic mass is 16.5. The van der Waals surface area contributed by atoms with E-state index in [0.29, 0.717) is 0 Å². The van der Waals surface area contributed by atoms with Crippen LogP contribution in [0.4, 0.5) is 0 Å². The molecule has 0 bridgehead atoms. The Kier molecular flexibility index (Phi) is 5.61. The van der Waals surface area contributed by atoms with Crippen molar-refractivity contribution in [3.05, 3.63) is 0 Å². The average molecular weight is 192 g/mol. The van der Waals surface area contributed by atoms with Crippen molar-refractivity contribution in [3.63, 3.8) is 0 Å². The smallest absolute Gasteiger partial charge is 0.305 e. The zero-order chi connectivity index (χ0) is 10.3. The number of rotatable bonds is 7. The van der Waals surface area contributed by atoms with Crippen LogP contribution in [-0.2, 0) is 9.53 Å². The molecule has 0 spiro atoms. The molecule has 0 unspecified atom stereocenters. The van der Waals surface area contributed by atoms with Gasteiger partial charge in [-0.1, -0.05) is 6.92 Å². The van der Waals surface area contributed by atoms with Gasteiger partial charge in [0.25, 0.3) is 0 Å². The topological polar surface area (TPSA) is 87.0 Å². The summed E-state index contributed by atoms with van der Waals surface area (Å²) in [6.07, 6.45) is -0.0626. The van der Waals surface area contributed by atoms with Crippen LogP contribution >= 0.6 is 0 Å². The summed E-state index contributed by atoms with van der Waals surface area (Å²) in [6.45, 7) is 1.55. The maximum absolute atomic E-state index is 10.1. The molecule has 5 nitrogen and oxygen atoms in total. The fourth-order valence-electron chi connectivity index (χ4n) is 0.619. The standard InChI is InChI=1S/C8H16O5/c1-8(4-9,5-10)6-13-3-2-7(11)12/h9-10H,2-6H2,1H3,(H,11,12). The lowest BCUT2D eigenvalue weighted by atomic mass is 9.95. The van der Waals surface area contributed by atoms with E-state index < -0.39 is 11.4 Å². The fourth-order valence-corrected chi connectivity index (χ4v) is 0.619. The maximum Gasteiger partial charge on any atom is 0.305 e. The minimum absolute atomic E-state index is 0.0626. The van der Waals surface area contributed by atoms with Crippen LogP contribution < -0.4 is 0 Å². The van der Waals surface area contributed by atoms with Crippen molar-refractivity contribution < 1.29 is 24.9 Å². The molecule has 78 valence electrons. The Labute approximate surface area is 77.0 Å². The van der Waals surface area contributed by atoms with E-state index in [1.165, 1.54) is 0 Å². The van der Waals surface area contributed by atoms with Crippen LogP contribution in [0.25, 0.3) is 0 Å². The molecule has 0 aromatic heterocycles. The van der Waals surface area contributed by atoms with Crippen LogP contribution in [-0.4, -0.2) is 47.7 Å². The Morgan fingerprint density at radius 3 is 2.31 bits per heavy atom. The molecule has 0 atom stereocenters. The Morgan fingerprint density at radius 2 is 1.92 bits per heavy atom. The highest BCUT2D eigenvalue weighted by molar-refractivity contribution is 5.66. The Morgan fingerprint density at radius 1 is 1.38 bits per heavy atom. The van der Waals surface area contributed by atoms with Crippen LogP contribution in [0.1, 0.15) is 13.3 Å². The van der Waals surface area contributed by atoms with Crippen LogP contribution in [0.2, 0.25) is 0 Å². The van der Waals surface area contributed by atoms with Gasteiger partial charge in [-0.2, -0.15) is 0 Å². The largest absolute Gasteiger partial charge is 0.481 e. The van der Waals surface area contributed by atoms with E-state index in [4.69, 9.17) is 20.1 Å². The van der Waals surface area contributed by atoms with E-state index in [1.54, 1.807) is 6.92 Å². The zero-order valence-electron chi connectivity index (χ0n) is 7.69. The Balaban J connectivity index is 3.55. The summed E-state index contributed by atoms with van der Waals surface area (Å²) in [4.78, 5) is 10.1. The van der Waals surface area contributed by atoms with Crippen LogP contribution in [0.3, 0.4) is 0 Å². The molecule has 3 N–H and O–H groups in total. The molecule has 0 amide bonds. The Hall–Kier alpha value is -0.650. The molecule has 0 aliphatic heterocycles. The van der Waals surface area contributed by atoms with E-state index in [2.05, 4.69) is 0 Å². The number of carboxylic acid groups (broad SMARTS) is 1. The number of hydrogen-bond acceptors (Lipinski definition) is 4. The second-order valence-electron chi connectivity index (χ2n) is 3.32. The molecule has 0 fully saturated rings. The molecule has 0 radical (unpaired) electrons. The van der Waals surface area contributed by atoms with Gasteiger partial charge in [0.05, 0.1) is 32.8 Å². The molecule has 0 heterocycles. The first-order chi connectivity index (χ1) is 6.04. The van der Waals surface area contributed by atoms with Gasteiger partial charge in [-0.25, -0.2) is 0 Å². The molecule has 13 heavy (non-hydrogen) atoms. The minimum Gasteiger partial charge on any atom is -0.481 e. The number of aliphatic hydroxyl groups excluding tert-OH is 2. The summed E-state index contributed by atoms with van der Waals surface area (Å²) in [5, 5.41) is 26.0. The summed E-state index contributed by atoms with van der Waals surface area (Å²) >= 11 is 0. The molecule has 0 saturated carbocycles. The number of ether oxygens (including phenoxy) is 1. The van der Waals surface area contributed by atoms with Crippen molar-refractivity contribution in [2.75, 3.05) is 26.4 Å². The predicted octanol–water partition coefficient (Wildman–Crippen LogP) is -0.531. The molecule has 0 aliphatic carbocycles. The molecule has 0 saturated heterocycles. The van der Waals surface area contributed by atoms with Crippen molar-refractivity contribution in [2.45, 2.75) is 13.3 Å². The molecular formula is C8H16O5. The molecule has 0 aliphatic rings. The lowest BCUT2D eigenvalue weighted by Gasteiger charge is -2.23. The number of aliphatic carboxylic acids is 1. The normalized spacial score (nSPS) is 11.6. The number of carboxylic acids is 1. The molecule has 0 rings (SSSR count). The van der Waals surface area contributed by atoms with E-state index in [1.807, 2.05) is 0 Å². The fraction of sp³-hybridized carbons (Fsp3) is 0.875. The van der Waals surface area contributed by atoms with Crippen molar-refractivity contribution in [2.24, 2.45) is 5.41 Å². The molecule has 5 heteroatoms. The van der Waals surface area contributed by atoms with Gasteiger partial charge in [0.1, 0.15) is 0 Å². The lowest BCUT2D eigenvalue weighted by Crippen LogP contribution is -2.31. The SMILES string of the molecule is CC(CO)(CO)COCCC(=O)O. The Bertz CT molecular complexity index is 153. The van der Waals surface area contributed by atoms with Gasteiger partial charge in [0, 0.05) is 5.41 Å². The van der Waals surface area contributed by atoms with Crippen molar-refractivity contribution in [3.8, 4) is 0 Å². The average Bonchev–Trinajstić information content (AvgIpc) is 2.12. The van der Waals surface area contributed by atoms with Crippen LogP contribution in [0, 0.1) is 5.41 Å². The molecule has 0 aromatic rings. The first kappa shape index (κ1) is 12.3. The predicted molar refractivity (Wildman–Crippen MR) is 45.4 cm³/mol. The highest BCUT2D eigenvalue weighted by Crippen LogP contribution is 2.14. The first-order valence-electron chi connectivity index (χ1n) is 4.05. The lowest BCUT2D eigenvalue weighted by molar-refractivity contribution is -0.138. The third-order valence-electron chi connectivity index (χ3n) is 1.67. The summed E-state index contributed by atoms with van der Waals surface area (Å²) in [5.74, 6) is -0.922. The van der Waals surface area contributed by atoms with Gasteiger partial charge < -0.3 is 20.1 Å². The van der Waals surface area contributed by atoms with Crippen molar-refractivity contribution >= 4 is 5.97 Å². The van der Waals surface area contributed by atoms with E-state index >= 15 is 0 Å². The van der Waals surface area contributed by atoms with Gasteiger partial charge in [-0.15, -0.1) is 0 Å². The van der Waals surface area contributed by atoms with Gasteiger partial charge >= 0.3 is 5.97 Å². The van der Waals surface area contributed by atoms with Gasteiger partial charge in [0.15, 0.2) is 0 Å². The number of aliphatic hydroxyl groups is 2. The van der Waals surface area contributed by atoms with Crippen molar-refractivity contribution in [1.29, 1.82) is 0 Å². The number of hydrogen-bond donors (Lipinski definition) is 3. The third-order valence-corrected chi connectivity index (χ3v) is 1.67. The van der Waals surface area contributed by atoms with Gasteiger partial charge in [0.2, 0.25) is 0 Å². The second-order valence-corrected chi connectivity index (χ2v) is 3.32. The molecule has 0 aromatic carbocycles. The molecular weight excluding hydrogens is 176 g/mol. The van der Waals surface area contributed by atoms with Crippen LogP contribution in [0.15, 0.2) is 0 Å².